The second kappa shape index (κ2) is 2.05. The molecule has 0 N–H and O–H groups in total. The summed E-state index contributed by atoms with van der Waals surface area (Å²) in [7, 11) is 0. The highest BCUT2D eigenvalue weighted by molar-refractivity contribution is 5.86. The Kier molecular flexibility index (Phi) is 1.18. The minimum atomic E-state index is -0.372. The maximum Gasteiger partial charge on any atom is 0.152 e. The van der Waals surface area contributed by atoms with Crippen LogP contribution < -0.4 is 0 Å². The van der Waals surface area contributed by atoms with Crippen LogP contribution in [0.5, 0.6) is 0 Å². The molecule has 1 aromatic rings. The first kappa shape index (κ1) is 6.34. The summed E-state index contributed by atoms with van der Waals surface area (Å²) < 4.78 is 5.22. The van der Waals surface area contributed by atoms with E-state index in [9.17, 15) is 0 Å². The van der Waals surface area contributed by atoms with Crippen LogP contribution in [0.3, 0.4) is 0 Å². The first-order valence-corrected chi connectivity index (χ1v) is 3.43. The topological polar surface area (TPSA) is 37.9 Å². The molecule has 0 amide bonds. The molecule has 1 aliphatic heterocycles. The second-order valence-electron chi connectivity index (χ2n) is 2.65. The predicted octanol–water partition coefficient (Wildman–Crippen LogP) is 1.61. The van der Waals surface area contributed by atoms with E-state index in [2.05, 4.69) is 9.98 Å². The third kappa shape index (κ3) is 0.888. The fourth-order valence-electron chi connectivity index (χ4n) is 1.06. The Balaban J connectivity index is 2.43. The molecule has 3 nitrogen and oxygen atoms in total. The third-order valence-electron chi connectivity index (χ3n) is 1.74. The average molecular weight is 148 g/mol. The Morgan fingerprint density at radius 2 is 2.45 bits per heavy atom. The van der Waals surface area contributed by atoms with Gasteiger partial charge in [-0.3, -0.25) is 4.99 Å². The van der Waals surface area contributed by atoms with Crippen molar-refractivity contribution in [2.45, 2.75) is 12.5 Å². The Hall–Kier alpha value is -1.38. The van der Waals surface area contributed by atoms with Crippen molar-refractivity contribution < 1.29 is 4.42 Å². The summed E-state index contributed by atoms with van der Waals surface area (Å²) in [6.45, 7) is 1.96. The molecule has 1 unspecified atom stereocenters. The summed E-state index contributed by atoms with van der Waals surface area (Å²) in [5.41, 5.74) is -0.372. The molecule has 56 valence electrons. The van der Waals surface area contributed by atoms with E-state index in [-0.39, 0.29) is 5.54 Å². The van der Waals surface area contributed by atoms with E-state index in [1.54, 1.807) is 18.8 Å². The van der Waals surface area contributed by atoms with E-state index in [0.29, 0.717) is 0 Å². The molecule has 1 aromatic heterocycles. The van der Waals surface area contributed by atoms with Crippen LogP contribution >= 0.6 is 0 Å². The standard InChI is InChI=1S/C8H8N2O/c1-8(5-9-6-10-8)7-3-2-4-11-7/h2-6H,1H3. The second-order valence-corrected chi connectivity index (χ2v) is 2.65. The fourth-order valence-corrected chi connectivity index (χ4v) is 1.06. The lowest BCUT2D eigenvalue weighted by Gasteiger charge is -2.12. The van der Waals surface area contributed by atoms with Crippen molar-refractivity contribution in [1.82, 2.24) is 0 Å². The van der Waals surface area contributed by atoms with Crippen molar-refractivity contribution in [3.63, 3.8) is 0 Å². The zero-order valence-electron chi connectivity index (χ0n) is 6.19. The van der Waals surface area contributed by atoms with Gasteiger partial charge in [0.15, 0.2) is 5.54 Å². The first-order chi connectivity index (χ1) is 5.31. The van der Waals surface area contributed by atoms with Gasteiger partial charge in [-0.15, -0.1) is 0 Å². The summed E-state index contributed by atoms with van der Waals surface area (Å²) >= 11 is 0. The van der Waals surface area contributed by atoms with Crippen molar-refractivity contribution in [2.75, 3.05) is 0 Å². The van der Waals surface area contributed by atoms with E-state index in [1.807, 2.05) is 19.1 Å². The maximum absolute atomic E-state index is 5.22. The molecule has 0 fully saturated rings. The number of rotatable bonds is 1. The molecule has 0 saturated heterocycles. The molecule has 0 aliphatic carbocycles. The van der Waals surface area contributed by atoms with E-state index in [1.165, 1.54) is 0 Å². The van der Waals surface area contributed by atoms with Crippen LogP contribution in [0.15, 0.2) is 32.8 Å². The van der Waals surface area contributed by atoms with Gasteiger partial charge in [0.1, 0.15) is 12.1 Å². The van der Waals surface area contributed by atoms with E-state index >= 15 is 0 Å². The lowest BCUT2D eigenvalue weighted by Crippen LogP contribution is -2.16. The highest BCUT2D eigenvalue weighted by Gasteiger charge is 2.27. The van der Waals surface area contributed by atoms with Crippen molar-refractivity contribution in [3.8, 4) is 0 Å². The Bertz CT molecular complexity index is 286. The summed E-state index contributed by atoms with van der Waals surface area (Å²) in [5, 5.41) is 0. The predicted molar refractivity (Wildman–Crippen MR) is 43.0 cm³/mol. The molecule has 0 spiro atoms. The van der Waals surface area contributed by atoms with E-state index in [4.69, 9.17) is 4.42 Å². The van der Waals surface area contributed by atoms with Crippen molar-refractivity contribution in [1.29, 1.82) is 0 Å². The number of hydrogen-bond acceptors (Lipinski definition) is 3. The highest BCUT2D eigenvalue weighted by Crippen LogP contribution is 2.25. The normalized spacial score (nSPS) is 28.1. The van der Waals surface area contributed by atoms with Crippen LogP contribution in [0.4, 0.5) is 0 Å². The van der Waals surface area contributed by atoms with Gasteiger partial charge >= 0.3 is 0 Å². The Labute approximate surface area is 64.5 Å². The summed E-state index contributed by atoms with van der Waals surface area (Å²) in [6, 6.07) is 3.75. The minimum Gasteiger partial charge on any atom is -0.466 e. The van der Waals surface area contributed by atoms with Crippen LogP contribution in [0.2, 0.25) is 0 Å². The number of aliphatic imine (C=N–C) groups is 2. The monoisotopic (exact) mass is 148 g/mol. The fraction of sp³-hybridized carbons (Fsp3) is 0.250. The SMILES string of the molecule is CC1(c2ccco2)C=NC=N1. The van der Waals surface area contributed by atoms with Gasteiger partial charge in [0.25, 0.3) is 0 Å². The molecule has 0 bridgehead atoms. The minimum absolute atomic E-state index is 0.372. The average Bonchev–Trinajstić information content (AvgIpc) is 2.55. The third-order valence-corrected chi connectivity index (χ3v) is 1.74. The molecule has 3 heteroatoms. The summed E-state index contributed by atoms with van der Waals surface area (Å²) in [5.74, 6) is 0.829. The van der Waals surface area contributed by atoms with Crippen LogP contribution in [0.1, 0.15) is 12.7 Å². The van der Waals surface area contributed by atoms with Gasteiger partial charge in [0.2, 0.25) is 0 Å². The van der Waals surface area contributed by atoms with E-state index in [0.717, 1.165) is 5.76 Å². The number of nitrogens with zero attached hydrogens (tertiary/aromatic N) is 2. The largest absolute Gasteiger partial charge is 0.466 e. The molecule has 0 radical (unpaired) electrons. The number of furan rings is 1. The quantitative estimate of drug-likeness (QED) is 0.596. The molecule has 11 heavy (non-hydrogen) atoms. The lowest BCUT2D eigenvalue weighted by atomic mass is 10.0. The van der Waals surface area contributed by atoms with Crippen LogP contribution in [0.25, 0.3) is 0 Å². The van der Waals surface area contributed by atoms with Gasteiger partial charge < -0.3 is 4.42 Å². The molecule has 1 atom stereocenters. The van der Waals surface area contributed by atoms with Gasteiger partial charge in [-0.05, 0) is 19.1 Å². The van der Waals surface area contributed by atoms with Crippen molar-refractivity contribution in [2.24, 2.45) is 9.98 Å². The summed E-state index contributed by atoms with van der Waals surface area (Å²) in [4.78, 5) is 8.08. The van der Waals surface area contributed by atoms with Gasteiger partial charge in [0, 0.05) is 6.21 Å². The Morgan fingerprint density at radius 3 is 3.00 bits per heavy atom. The van der Waals surface area contributed by atoms with Gasteiger partial charge in [-0.2, -0.15) is 0 Å². The van der Waals surface area contributed by atoms with Crippen LogP contribution in [-0.2, 0) is 5.54 Å². The van der Waals surface area contributed by atoms with Gasteiger partial charge in [-0.25, -0.2) is 4.99 Å². The van der Waals surface area contributed by atoms with Gasteiger partial charge in [-0.1, -0.05) is 0 Å². The molecule has 2 heterocycles. The number of hydrogen-bond donors (Lipinski definition) is 0. The smallest absolute Gasteiger partial charge is 0.152 e. The Morgan fingerprint density at radius 1 is 1.55 bits per heavy atom. The molecule has 2 rings (SSSR count). The molecule has 0 saturated carbocycles. The van der Waals surface area contributed by atoms with Crippen molar-refractivity contribution in [3.05, 3.63) is 24.2 Å². The zero-order valence-corrected chi connectivity index (χ0v) is 6.19. The first-order valence-electron chi connectivity index (χ1n) is 3.43. The van der Waals surface area contributed by atoms with Crippen molar-refractivity contribution >= 4 is 12.6 Å². The molecule has 0 aromatic carbocycles. The molecular weight excluding hydrogens is 140 g/mol. The molecule has 1 aliphatic rings. The lowest BCUT2D eigenvalue weighted by molar-refractivity contribution is 0.451. The van der Waals surface area contributed by atoms with Crippen LogP contribution in [-0.4, -0.2) is 12.6 Å². The maximum atomic E-state index is 5.22. The van der Waals surface area contributed by atoms with E-state index < -0.39 is 0 Å². The molecular formula is C8H8N2O. The highest BCUT2D eigenvalue weighted by atomic mass is 16.3. The zero-order chi connectivity index (χ0) is 7.73. The van der Waals surface area contributed by atoms with Gasteiger partial charge in [0.05, 0.1) is 6.26 Å². The summed E-state index contributed by atoms with van der Waals surface area (Å²) in [6.07, 6.45) is 4.95. The van der Waals surface area contributed by atoms with Crippen LogP contribution in [0, 0.1) is 0 Å².